The Kier molecular flexibility index (Phi) is 9.63. The number of carbonyl (C=O) groups excluding carboxylic acids is 2. The van der Waals surface area contributed by atoms with Crippen molar-refractivity contribution in [1.82, 2.24) is 9.71 Å². The Morgan fingerprint density at radius 1 is 0.925 bits per heavy atom. The van der Waals surface area contributed by atoms with E-state index in [9.17, 15) is 44.3 Å². The number of hydrogen-bond acceptors (Lipinski definition) is 9. The van der Waals surface area contributed by atoms with E-state index < -0.39 is 82.2 Å². The van der Waals surface area contributed by atoms with Gasteiger partial charge >= 0.3 is 12.4 Å². The summed E-state index contributed by atoms with van der Waals surface area (Å²) in [6.07, 6.45) is -7.74. The number of aryl methyl sites for hydroxylation is 1. The van der Waals surface area contributed by atoms with Crippen LogP contribution in [0.15, 0.2) is 54.7 Å². The molecule has 0 atom stereocenters. The van der Waals surface area contributed by atoms with Crippen LogP contribution in [0.1, 0.15) is 45.5 Å². The molecule has 1 N–H and O–H groups in total. The molecular formula is C35H31F6N3O8S. The highest BCUT2D eigenvalue weighted by molar-refractivity contribution is 7.89. The summed E-state index contributed by atoms with van der Waals surface area (Å²) in [7, 11) is -1.44. The normalized spacial score (nSPS) is 15.3. The lowest BCUT2D eigenvalue weighted by Gasteiger charge is -2.21. The second kappa shape index (κ2) is 13.6. The highest BCUT2D eigenvalue weighted by Gasteiger charge is 2.55. The van der Waals surface area contributed by atoms with Gasteiger partial charge in [-0.1, -0.05) is 18.2 Å². The Labute approximate surface area is 298 Å². The fourth-order valence-electron chi connectivity index (χ4n) is 6.49. The van der Waals surface area contributed by atoms with Gasteiger partial charge < -0.3 is 23.8 Å². The molecule has 2 aliphatic rings. The Hall–Kier alpha value is -5.26. The van der Waals surface area contributed by atoms with Crippen LogP contribution in [0.3, 0.4) is 0 Å². The zero-order valence-electron chi connectivity index (χ0n) is 28.3. The molecule has 0 spiro atoms. The highest BCUT2D eigenvalue weighted by Crippen LogP contribution is 2.55. The summed E-state index contributed by atoms with van der Waals surface area (Å²) in [6, 6.07) is 11.8. The smallest absolute Gasteiger partial charge is 0.422 e. The lowest BCUT2D eigenvalue weighted by molar-refractivity contribution is -0.154. The summed E-state index contributed by atoms with van der Waals surface area (Å²) in [5.41, 5.74) is -0.942. The molecule has 0 unspecified atom stereocenters. The number of hydrogen-bond donors (Lipinski definition) is 1. The number of pyridine rings is 1. The van der Waals surface area contributed by atoms with E-state index >= 15 is 0 Å². The monoisotopic (exact) mass is 767 g/mol. The van der Waals surface area contributed by atoms with E-state index in [2.05, 4.69) is 9.71 Å². The SMILES string of the molecule is COc1cccc(OC)c1C1(C(=O)NS(=O)(=O)Cc2ccc(N3Cc4c(c(OCC(F)(F)F)c5ncccc5c4OCC(F)(F)F)C3=O)c(C)c2)CC1. The Morgan fingerprint density at radius 3 is 2.11 bits per heavy atom. The summed E-state index contributed by atoms with van der Waals surface area (Å²) in [6.45, 7) is -2.45. The molecule has 1 aliphatic heterocycles. The Morgan fingerprint density at radius 2 is 1.55 bits per heavy atom. The van der Waals surface area contributed by atoms with E-state index in [0.717, 1.165) is 4.90 Å². The number of nitrogens with one attached hydrogen (secondary N) is 1. The van der Waals surface area contributed by atoms with Gasteiger partial charge in [0.15, 0.2) is 19.0 Å². The van der Waals surface area contributed by atoms with E-state index in [1.165, 1.54) is 57.7 Å². The fourth-order valence-corrected chi connectivity index (χ4v) is 7.66. The maximum absolute atomic E-state index is 13.9. The summed E-state index contributed by atoms with van der Waals surface area (Å²) in [4.78, 5) is 32.5. The van der Waals surface area contributed by atoms with Crippen molar-refractivity contribution in [3.05, 3.63) is 82.5 Å². The van der Waals surface area contributed by atoms with Gasteiger partial charge in [0.25, 0.3) is 5.91 Å². The van der Waals surface area contributed by atoms with Crippen LogP contribution in [0.2, 0.25) is 0 Å². The minimum absolute atomic E-state index is 0.0984. The van der Waals surface area contributed by atoms with E-state index in [1.807, 2.05) is 0 Å². The molecule has 1 aromatic heterocycles. The molecule has 2 amide bonds. The molecule has 1 saturated carbocycles. The van der Waals surface area contributed by atoms with Crippen LogP contribution in [0.4, 0.5) is 32.0 Å². The molecule has 0 bridgehead atoms. The number of anilines is 1. The van der Waals surface area contributed by atoms with Crippen LogP contribution in [0.5, 0.6) is 23.0 Å². The number of halogens is 6. The molecule has 11 nitrogen and oxygen atoms in total. The Balaban J connectivity index is 1.29. The fraction of sp³-hybridized carbons (Fsp3) is 0.343. The largest absolute Gasteiger partial charge is 0.496 e. The molecule has 1 fully saturated rings. The number of ether oxygens (including phenoxy) is 4. The van der Waals surface area contributed by atoms with Gasteiger partial charge in [-0.3, -0.25) is 19.3 Å². The Bertz CT molecular complexity index is 2200. The van der Waals surface area contributed by atoms with E-state index in [0.29, 0.717) is 35.5 Å². The third-order valence-corrected chi connectivity index (χ3v) is 10.1. The number of aromatic nitrogens is 1. The number of sulfonamides is 1. The van der Waals surface area contributed by atoms with Crippen molar-refractivity contribution in [2.45, 2.75) is 49.8 Å². The summed E-state index contributed by atoms with van der Waals surface area (Å²) >= 11 is 0. The third kappa shape index (κ3) is 7.49. The van der Waals surface area contributed by atoms with Gasteiger partial charge in [0.05, 0.1) is 43.1 Å². The molecule has 2 heterocycles. The number of methoxy groups -OCH3 is 2. The first-order chi connectivity index (χ1) is 24.9. The second-order valence-corrected chi connectivity index (χ2v) is 14.3. The van der Waals surface area contributed by atoms with Crippen molar-refractivity contribution in [2.75, 3.05) is 32.3 Å². The van der Waals surface area contributed by atoms with Crippen molar-refractivity contribution >= 4 is 38.4 Å². The molecule has 6 rings (SSSR count). The standard InChI is InChI=1S/C35H31F6N3O8S/c1-19-14-20(16-53(47,48)43-32(46)33(11-12-33)27-24(49-2)7-4-8-25(27)50-3)9-10-23(19)44-15-22-26(31(44)45)30(52-18-35(39,40)41)28-21(6-5-13-42-28)29(22)51-17-34(36,37)38/h4-10,13-14H,11-12,15-18H2,1-3H3,(H,43,46). The van der Waals surface area contributed by atoms with Gasteiger partial charge in [-0.15, -0.1) is 0 Å². The van der Waals surface area contributed by atoms with Crippen LogP contribution >= 0.6 is 0 Å². The van der Waals surface area contributed by atoms with Gasteiger partial charge in [0.1, 0.15) is 22.8 Å². The van der Waals surface area contributed by atoms with Crippen LogP contribution in [-0.2, 0) is 32.5 Å². The molecule has 53 heavy (non-hydrogen) atoms. The zero-order chi connectivity index (χ0) is 38.5. The lowest BCUT2D eigenvalue weighted by Crippen LogP contribution is -2.39. The predicted octanol–water partition coefficient (Wildman–Crippen LogP) is 6.28. The summed E-state index contributed by atoms with van der Waals surface area (Å²) in [5, 5.41) is -0.0984. The topological polar surface area (TPSA) is 133 Å². The minimum atomic E-state index is -4.83. The van der Waals surface area contributed by atoms with Gasteiger partial charge in [-0.25, -0.2) is 8.42 Å². The number of nitrogens with zero attached hydrogens (tertiary/aromatic N) is 2. The average molecular weight is 768 g/mol. The minimum Gasteiger partial charge on any atom is -0.496 e. The molecule has 18 heteroatoms. The molecule has 0 saturated heterocycles. The lowest BCUT2D eigenvalue weighted by atomic mass is 9.93. The maximum atomic E-state index is 13.9. The number of rotatable bonds is 12. The molecule has 0 radical (unpaired) electrons. The van der Waals surface area contributed by atoms with Crippen molar-refractivity contribution in [3.8, 4) is 23.0 Å². The van der Waals surface area contributed by atoms with Crippen molar-refractivity contribution in [3.63, 3.8) is 0 Å². The van der Waals surface area contributed by atoms with Crippen molar-refractivity contribution in [2.24, 2.45) is 0 Å². The molecular weight excluding hydrogens is 736 g/mol. The quantitative estimate of drug-likeness (QED) is 0.166. The van der Waals surface area contributed by atoms with E-state index in [1.54, 1.807) is 18.2 Å². The van der Waals surface area contributed by atoms with Crippen molar-refractivity contribution < 1.29 is 63.3 Å². The van der Waals surface area contributed by atoms with Gasteiger partial charge in [-0.05, 0) is 61.2 Å². The molecule has 3 aromatic carbocycles. The van der Waals surface area contributed by atoms with Crippen LogP contribution < -0.4 is 28.6 Å². The average Bonchev–Trinajstić information content (AvgIpc) is 3.82. The zero-order valence-corrected chi connectivity index (χ0v) is 29.1. The summed E-state index contributed by atoms with van der Waals surface area (Å²) in [5.74, 6) is -2.55. The first kappa shape index (κ1) is 37.5. The maximum Gasteiger partial charge on any atom is 0.422 e. The molecule has 1 aliphatic carbocycles. The number of fused-ring (bicyclic) bond motifs is 2. The number of amides is 2. The molecule has 282 valence electrons. The van der Waals surface area contributed by atoms with Gasteiger partial charge in [0.2, 0.25) is 15.9 Å². The third-order valence-electron chi connectivity index (χ3n) is 8.85. The second-order valence-electron chi connectivity index (χ2n) is 12.5. The van der Waals surface area contributed by atoms with Crippen LogP contribution in [0.25, 0.3) is 10.9 Å². The number of alkyl halides is 6. The van der Waals surface area contributed by atoms with Crippen molar-refractivity contribution in [1.29, 1.82) is 0 Å². The number of benzene rings is 3. The van der Waals surface area contributed by atoms with Crippen LogP contribution in [0, 0.1) is 6.92 Å². The first-order valence-electron chi connectivity index (χ1n) is 15.9. The van der Waals surface area contributed by atoms with Gasteiger partial charge in [0, 0.05) is 22.8 Å². The van der Waals surface area contributed by atoms with Gasteiger partial charge in [-0.2, -0.15) is 26.3 Å². The number of carbonyl (C=O) groups is 2. The predicted molar refractivity (Wildman–Crippen MR) is 178 cm³/mol. The first-order valence-corrected chi connectivity index (χ1v) is 17.5. The molecule has 4 aromatic rings. The van der Waals surface area contributed by atoms with Crippen LogP contribution in [-0.4, -0.2) is 65.0 Å². The summed E-state index contributed by atoms with van der Waals surface area (Å²) < 4.78 is 129. The van der Waals surface area contributed by atoms with E-state index in [-0.39, 0.29) is 27.7 Å². The van der Waals surface area contributed by atoms with E-state index in [4.69, 9.17) is 18.9 Å². The highest BCUT2D eigenvalue weighted by atomic mass is 32.2.